The molecule has 132 valence electrons. The number of nitrogens with zero attached hydrogens (tertiary/aromatic N) is 1. The molecule has 0 radical (unpaired) electrons. The van der Waals surface area contributed by atoms with Crippen LogP contribution in [0.3, 0.4) is 0 Å². The van der Waals surface area contributed by atoms with Crippen LogP contribution in [-0.2, 0) is 20.7 Å². The van der Waals surface area contributed by atoms with Gasteiger partial charge in [-0.2, -0.15) is 0 Å². The second kappa shape index (κ2) is 7.34. The first-order chi connectivity index (χ1) is 11.5. The van der Waals surface area contributed by atoms with E-state index in [0.717, 1.165) is 36.5 Å². The highest BCUT2D eigenvalue weighted by atomic mass is 16.5. The molecule has 2 N–H and O–H groups in total. The lowest BCUT2D eigenvalue weighted by Crippen LogP contribution is -2.60. The number of rotatable bonds is 5. The fourth-order valence-corrected chi connectivity index (χ4v) is 3.60. The van der Waals surface area contributed by atoms with Gasteiger partial charge in [0.2, 0.25) is 11.8 Å². The Hall–Kier alpha value is -1.89. The van der Waals surface area contributed by atoms with Gasteiger partial charge in [-0.15, -0.1) is 0 Å². The molecule has 7 heteroatoms. The van der Waals surface area contributed by atoms with Crippen molar-refractivity contribution in [3.05, 3.63) is 17.0 Å². The van der Waals surface area contributed by atoms with Gasteiger partial charge >= 0.3 is 0 Å². The third-order valence-corrected chi connectivity index (χ3v) is 4.94. The van der Waals surface area contributed by atoms with Crippen molar-refractivity contribution in [2.24, 2.45) is 0 Å². The van der Waals surface area contributed by atoms with Crippen LogP contribution in [-0.4, -0.2) is 41.8 Å². The summed E-state index contributed by atoms with van der Waals surface area (Å²) in [5, 5.41) is 9.99. The standard InChI is InChI=1S/C17H25N3O4/c1-10-12(11(2)24-20-10)5-7-15(21)18-13-6-8-16(22)19-17(13)14-4-3-9-23-14/h13-14,17H,3-9H2,1-2H3,(H,18,21)(H,19,22)/t13-,14?,17-/m0/s1. The Morgan fingerprint density at radius 1 is 1.38 bits per heavy atom. The smallest absolute Gasteiger partial charge is 0.220 e. The SMILES string of the molecule is Cc1noc(C)c1CCC(=O)N[C@H]1CCC(=O)N[C@@H]1C1CCCO1. The van der Waals surface area contributed by atoms with E-state index in [1.165, 1.54) is 0 Å². The molecule has 2 aliphatic heterocycles. The summed E-state index contributed by atoms with van der Waals surface area (Å²) in [6.07, 6.45) is 4.02. The Kier molecular flexibility index (Phi) is 5.18. The summed E-state index contributed by atoms with van der Waals surface area (Å²) in [4.78, 5) is 24.1. The average molecular weight is 335 g/mol. The zero-order valence-corrected chi connectivity index (χ0v) is 14.3. The van der Waals surface area contributed by atoms with E-state index in [1.54, 1.807) is 0 Å². The molecule has 0 aliphatic carbocycles. The monoisotopic (exact) mass is 335 g/mol. The molecule has 1 aromatic rings. The van der Waals surface area contributed by atoms with Gasteiger partial charge in [-0.25, -0.2) is 0 Å². The number of nitrogens with one attached hydrogen (secondary N) is 2. The van der Waals surface area contributed by atoms with Gasteiger partial charge in [0.15, 0.2) is 0 Å². The van der Waals surface area contributed by atoms with E-state index >= 15 is 0 Å². The molecule has 0 bridgehead atoms. The summed E-state index contributed by atoms with van der Waals surface area (Å²) >= 11 is 0. The molecular formula is C17H25N3O4. The maximum absolute atomic E-state index is 12.4. The van der Waals surface area contributed by atoms with Crippen LogP contribution in [0.5, 0.6) is 0 Å². The number of amides is 2. The molecule has 0 aromatic carbocycles. The van der Waals surface area contributed by atoms with Crippen molar-refractivity contribution in [1.82, 2.24) is 15.8 Å². The van der Waals surface area contributed by atoms with E-state index in [0.29, 0.717) is 25.7 Å². The van der Waals surface area contributed by atoms with Crippen molar-refractivity contribution in [1.29, 1.82) is 0 Å². The van der Waals surface area contributed by atoms with Crippen LogP contribution < -0.4 is 10.6 Å². The number of piperidine rings is 1. The topological polar surface area (TPSA) is 93.5 Å². The molecule has 2 saturated heterocycles. The summed E-state index contributed by atoms with van der Waals surface area (Å²) in [7, 11) is 0. The van der Waals surface area contributed by atoms with E-state index in [2.05, 4.69) is 15.8 Å². The van der Waals surface area contributed by atoms with Crippen molar-refractivity contribution in [2.75, 3.05) is 6.61 Å². The van der Waals surface area contributed by atoms with Crippen molar-refractivity contribution in [3.63, 3.8) is 0 Å². The summed E-state index contributed by atoms with van der Waals surface area (Å²) in [5.74, 6) is 0.790. The number of carbonyl (C=O) groups excluding carboxylic acids is 2. The highest BCUT2D eigenvalue weighted by Crippen LogP contribution is 2.23. The number of aryl methyl sites for hydroxylation is 2. The second-order valence-corrected chi connectivity index (χ2v) is 6.66. The summed E-state index contributed by atoms with van der Waals surface area (Å²) in [5.41, 5.74) is 1.83. The van der Waals surface area contributed by atoms with E-state index in [4.69, 9.17) is 9.26 Å². The number of aromatic nitrogens is 1. The zero-order valence-electron chi connectivity index (χ0n) is 14.3. The maximum atomic E-state index is 12.4. The molecule has 7 nitrogen and oxygen atoms in total. The second-order valence-electron chi connectivity index (χ2n) is 6.66. The third-order valence-electron chi connectivity index (χ3n) is 4.94. The van der Waals surface area contributed by atoms with E-state index in [-0.39, 0.29) is 30.0 Å². The van der Waals surface area contributed by atoms with Crippen LogP contribution in [0.2, 0.25) is 0 Å². The first kappa shape index (κ1) is 17.0. The van der Waals surface area contributed by atoms with Gasteiger partial charge in [0.25, 0.3) is 0 Å². The van der Waals surface area contributed by atoms with Crippen LogP contribution in [0.1, 0.15) is 49.1 Å². The Bertz CT molecular complexity index is 587. The minimum Gasteiger partial charge on any atom is -0.376 e. The van der Waals surface area contributed by atoms with Gasteiger partial charge in [-0.1, -0.05) is 5.16 Å². The maximum Gasteiger partial charge on any atom is 0.220 e. The molecule has 3 rings (SSSR count). The summed E-state index contributed by atoms with van der Waals surface area (Å²) in [6.45, 7) is 4.47. The first-order valence-corrected chi connectivity index (χ1v) is 8.66. The predicted molar refractivity (Wildman–Crippen MR) is 86.4 cm³/mol. The molecule has 2 amide bonds. The van der Waals surface area contributed by atoms with Gasteiger partial charge in [0.05, 0.1) is 23.9 Å². The highest BCUT2D eigenvalue weighted by molar-refractivity contribution is 5.79. The highest BCUT2D eigenvalue weighted by Gasteiger charge is 2.37. The quantitative estimate of drug-likeness (QED) is 0.842. The minimum absolute atomic E-state index is 0.00196. The zero-order chi connectivity index (χ0) is 17.1. The molecule has 2 aliphatic rings. The Labute approximate surface area is 141 Å². The predicted octanol–water partition coefficient (Wildman–Crippen LogP) is 1.17. The number of carbonyl (C=O) groups is 2. The Morgan fingerprint density at radius 3 is 2.88 bits per heavy atom. The van der Waals surface area contributed by atoms with E-state index in [9.17, 15) is 9.59 Å². The fourth-order valence-electron chi connectivity index (χ4n) is 3.60. The van der Waals surface area contributed by atoms with E-state index < -0.39 is 0 Å². The number of hydrogen-bond donors (Lipinski definition) is 2. The molecule has 0 saturated carbocycles. The van der Waals surface area contributed by atoms with Crippen molar-refractivity contribution in [2.45, 2.75) is 70.6 Å². The van der Waals surface area contributed by atoms with Gasteiger partial charge in [-0.05, 0) is 39.5 Å². The van der Waals surface area contributed by atoms with Crippen molar-refractivity contribution in [3.8, 4) is 0 Å². The molecule has 3 heterocycles. The molecule has 1 aromatic heterocycles. The number of hydrogen-bond acceptors (Lipinski definition) is 5. The van der Waals surface area contributed by atoms with E-state index in [1.807, 2.05) is 13.8 Å². The van der Waals surface area contributed by atoms with Gasteiger partial charge < -0.3 is 19.9 Å². The Morgan fingerprint density at radius 2 is 2.21 bits per heavy atom. The van der Waals surface area contributed by atoms with Crippen LogP contribution in [0.15, 0.2) is 4.52 Å². The van der Waals surface area contributed by atoms with Gasteiger partial charge in [0, 0.05) is 25.0 Å². The molecule has 0 spiro atoms. The minimum atomic E-state index is -0.128. The molecule has 1 unspecified atom stereocenters. The Balaban J connectivity index is 1.56. The van der Waals surface area contributed by atoms with Crippen LogP contribution >= 0.6 is 0 Å². The average Bonchev–Trinajstić information content (AvgIpc) is 3.18. The summed E-state index contributed by atoms with van der Waals surface area (Å²) in [6, 6.07) is -0.195. The third kappa shape index (κ3) is 3.77. The van der Waals surface area contributed by atoms with Crippen molar-refractivity contribution >= 4 is 11.8 Å². The lowest BCUT2D eigenvalue weighted by molar-refractivity contribution is -0.128. The van der Waals surface area contributed by atoms with Crippen LogP contribution in [0.4, 0.5) is 0 Å². The van der Waals surface area contributed by atoms with Gasteiger partial charge in [-0.3, -0.25) is 9.59 Å². The van der Waals surface area contributed by atoms with Crippen molar-refractivity contribution < 1.29 is 18.8 Å². The fraction of sp³-hybridized carbons (Fsp3) is 0.706. The van der Waals surface area contributed by atoms with Crippen LogP contribution in [0, 0.1) is 13.8 Å². The molecular weight excluding hydrogens is 310 g/mol. The summed E-state index contributed by atoms with van der Waals surface area (Å²) < 4.78 is 10.8. The lowest BCUT2D eigenvalue weighted by atomic mass is 9.92. The largest absolute Gasteiger partial charge is 0.376 e. The van der Waals surface area contributed by atoms with Crippen LogP contribution in [0.25, 0.3) is 0 Å². The lowest BCUT2D eigenvalue weighted by Gasteiger charge is -2.36. The normalized spacial score (nSPS) is 27.1. The number of ether oxygens (including phenoxy) is 1. The molecule has 24 heavy (non-hydrogen) atoms. The first-order valence-electron chi connectivity index (χ1n) is 8.66. The molecule has 3 atom stereocenters. The van der Waals surface area contributed by atoms with Gasteiger partial charge in [0.1, 0.15) is 5.76 Å². The molecule has 2 fully saturated rings.